The van der Waals surface area contributed by atoms with Crippen molar-refractivity contribution in [2.45, 2.75) is 19.8 Å². The molecule has 1 aromatic rings. The van der Waals surface area contributed by atoms with Gasteiger partial charge >= 0.3 is 0 Å². The molecule has 1 amide bonds. The predicted molar refractivity (Wildman–Crippen MR) is 87.3 cm³/mol. The van der Waals surface area contributed by atoms with Crippen LogP contribution in [0, 0.1) is 6.92 Å². The molecule has 22 heavy (non-hydrogen) atoms. The van der Waals surface area contributed by atoms with Crippen LogP contribution in [-0.4, -0.2) is 68.2 Å². The summed E-state index contributed by atoms with van der Waals surface area (Å²) >= 11 is 0. The molecule has 0 saturated carbocycles. The monoisotopic (exact) mass is 309 g/mol. The first kappa shape index (κ1) is 18.3. The fraction of sp³-hybridized carbons (Fsp3) is 0.667. The molecule has 0 aliphatic heterocycles. The Hall–Kier alpha value is -1.73. The van der Waals surface area contributed by atoms with E-state index >= 15 is 0 Å². The number of hydrogen-bond acceptors (Lipinski definition) is 6. The second kappa shape index (κ2) is 10.1. The minimum atomic E-state index is -0.182. The minimum absolute atomic E-state index is 0.182. The van der Waals surface area contributed by atoms with Crippen LogP contribution in [0.4, 0.5) is 5.95 Å². The average Bonchev–Trinajstić information content (AvgIpc) is 2.47. The fourth-order valence-corrected chi connectivity index (χ4v) is 1.87. The van der Waals surface area contributed by atoms with Crippen molar-refractivity contribution in [2.75, 3.05) is 52.8 Å². The Morgan fingerprint density at radius 2 is 2.05 bits per heavy atom. The summed E-state index contributed by atoms with van der Waals surface area (Å²) < 4.78 is 4.95. The van der Waals surface area contributed by atoms with Crippen molar-refractivity contribution < 1.29 is 9.53 Å². The number of aromatic nitrogens is 2. The van der Waals surface area contributed by atoms with E-state index in [0.29, 0.717) is 24.8 Å². The molecule has 0 bridgehead atoms. The molecule has 1 heterocycles. The Bertz CT molecular complexity index is 465. The van der Waals surface area contributed by atoms with Gasteiger partial charge in [-0.05, 0) is 46.5 Å². The molecular weight excluding hydrogens is 282 g/mol. The predicted octanol–water partition coefficient (Wildman–Crippen LogP) is 0.915. The van der Waals surface area contributed by atoms with Crippen LogP contribution in [0.5, 0.6) is 0 Å². The number of nitrogens with zero attached hydrogens (tertiary/aromatic N) is 3. The maximum atomic E-state index is 12.1. The first-order chi connectivity index (χ1) is 10.5. The van der Waals surface area contributed by atoms with Gasteiger partial charge in [-0.3, -0.25) is 4.79 Å². The summed E-state index contributed by atoms with van der Waals surface area (Å²) in [7, 11) is 5.72. The van der Waals surface area contributed by atoms with Gasteiger partial charge in [0.1, 0.15) is 5.69 Å². The molecule has 0 radical (unpaired) electrons. The van der Waals surface area contributed by atoms with Crippen molar-refractivity contribution >= 4 is 11.9 Å². The molecule has 1 rings (SSSR count). The molecule has 124 valence electrons. The molecule has 2 N–H and O–H groups in total. The molecule has 0 fully saturated rings. The Morgan fingerprint density at radius 3 is 2.73 bits per heavy atom. The van der Waals surface area contributed by atoms with Crippen molar-refractivity contribution in [1.82, 2.24) is 20.2 Å². The van der Waals surface area contributed by atoms with Gasteiger partial charge in [-0.15, -0.1) is 0 Å². The smallest absolute Gasteiger partial charge is 0.270 e. The molecule has 0 unspecified atom stereocenters. The van der Waals surface area contributed by atoms with Crippen LogP contribution in [-0.2, 0) is 4.74 Å². The Kier molecular flexibility index (Phi) is 8.39. The molecule has 0 atom stereocenters. The molecule has 0 aliphatic rings. The van der Waals surface area contributed by atoms with Gasteiger partial charge in [-0.1, -0.05) is 0 Å². The zero-order chi connectivity index (χ0) is 16.4. The molecular formula is C15H27N5O2. The molecule has 7 nitrogen and oxygen atoms in total. The highest BCUT2D eigenvalue weighted by atomic mass is 16.5. The van der Waals surface area contributed by atoms with Gasteiger partial charge in [0.05, 0.1) is 0 Å². The number of aryl methyl sites for hydroxylation is 1. The van der Waals surface area contributed by atoms with E-state index in [9.17, 15) is 4.79 Å². The Labute approximate surface area is 132 Å². The van der Waals surface area contributed by atoms with E-state index in [0.717, 1.165) is 31.6 Å². The van der Waals surface area contributed by atoms with Crippen molar-refractivity contribution in [1.29, 1.82) is 0 Å². The third kappa shape index (κ3) is 7.33. The number of ether oxygens (including phenoxy) is 1. The summed E-state index contributed by atoms with van der Waals surface area (Å²) in [4.78, 5) is 22.8. The lowest BCUT2D eigenvalue weighted by Gasteiger charge is -2.11. The number of methoxy groups -OCH3 is 1. The van der Waals surface area contributed by atoms with E-state index in [1.807, 2.05) is 21.0 Å². The second-order valence-electron chi connectivity index (χ2n) is 5.40. The van der Waals surface area contributed by atoms with Crippen LogP contribution in [0.25, 0.3) is 0 Å². The van der Waals surface area contributed by atoms with Gasteiger partial charge < -0.3 is 20.3 Å². The highest BCUT2D eigenvalue weighted by Crippen LogP contribution is 2.05. The van der Waals surface area contributed by atoms with Crippen LogP contribution in [0.1, 0.15) is 29.0 Å². The number of amides is 1. The number of hydrogen-bond donors (Lipinski definition) is 2. The minimum Gasteiger partial charge on any atom is -0.385 e. The van der Waals surface area contributed by atoms with Crippen LogP contribution in [0.15, 0.2) is 6.07 Å². The molecule has 0 aromatic carbocycles. The third-order valence-corrected chi connectivity index (χ3v) is 2.96. The lowest BCUT2D eigenvalue weighted by Crippen LogP contribution is -2.26. The highest BCUT2D eigenvalue weighted by molar-refractivity contribution is 5.92. The summed E-state index contributed by atoms with van der Waals surface area (Å²) in [6, 6.07) is 1.69. The van der Waals surface area contributed by atoms with Gasteiger partial charge in [0.2, 0.25) is 5.95 Å². The van der Waals surface area contributed by atoms with Crippen molar-refractivity contribution in [3.63, 3.8) is 0 Å². The van der Waals surface area contributed by atoms with E-state index in [1.165, 1.54) is 0 Å². The van der Waals surface area contributed by atoms with Gasteiger partial charge in [-0.25, -0.2) is 9.97 Å². The first-order valence-corrected chi connectivity index (χ1v) is 7.54. The SMILES string of the molecule is COCCCNC(=O)c1cc(C)nc(NCCCN(C)C)n1. The highest BCUT2D eigenvalue weighted by Gasteiger charge is 2.09. The lowest BCUT2D eigenvalue weighted by molar-refractivity contribution is 0.0943. The molecule has 0 spiro atoms. The zero-order valence-electron chi connectivity index (χ0n) is 14.0. The van der Waals surface area contributed by atoms with Gasteiger partial charge in [0.25, 0.3) is 5.91 Å². The number of nitrogens with one attached hydrogen (secondary N) is 2. The third-order valence-electron chi connectivity index (χ3n) is 2.96. The topological polar surface area (TPSA) is 79.4 Å². The normalized spacial score (nSPS) is 10.8. The zero-order valence-corrected chi connectivity index (χ0v) is 14.0. The Balaban J connectivity index is 2.51. The van der Waals surface area contributed by atoms with Gasteiger partial charge in [0, 0.05) is 32.5 Å². The number of carbonyl (C=O) groups is 1. The van der Waals surface area contributed by atoms with Crippen LogP contribution < -0.4 is 10.6 Å². The molecule has 0 aliphatic carbocycles. The summed E-state index contributed by atoms with van der Waals surface area (Å²) in [5.41, 5.74) is 1.16. The molecule has 7 heteroatoms. The number of anilines is 1. The maximum absolute atomic E-state index is 12.1. The average molecular weight is 309 g/mol. The second-order valence-corrected chi connectivity index (χ2v) is 5.40. The van der Waals surface area contributed by atoms with E-state index in [1.54, 1.807) is 13.2 Å². The fourth-order valence-electron chi connectivity index (χ4n) is 1.87. The molecule has 0 saturated heterocycles. The van der Waals surface area contributed by atoms with Gasteiger partial charge in [0.15, 0.2) is 0 Å². The molecule has 1 aromatic heterocycles. The van der Waals surface area contributed by atoms with Crippen LogP contribution in [0.3, 0.4) is 0 Å². The van der Waals surface area contributed by atoms with E-state index in [2.05, 4.69) is 25.5 Å². The van der Waals surface area contributed by atoms with Crippen LogP contribution in [0.2, 0.25) is 0 Å². The van der Waals surface area contributed by atoms with Crippen molar-refractivity contribution in [2.24, 2.45) is 0 Å². The number of carbonyl (C=O) groups excluding carboxylic acids is 1. The quantitative estimate of drug-likeness (QED) is 0.626. The summed E-state index contributed by atoms with van der Waals surface area (Å²) in [5, 5.41) is 5.99. The summed E-state index contributed by atoms with van der Waals surface area (Å²) in [5.74, 6) is 0.318. The maximum Gasteiger partial charge on any atom is 0.270 e. The largest absolute Gasteiger partial charge is 0.385 e. The summed E-state index contributed by atoms with van der Waals surface area (Å²) in [6.07, 6.45) is 1.77. The number of rotatable bonds is 10. The van der Waals surface area contributed by atoms with Crippen LogP contribution >= 0.6 is 0 Å². The van der Waals surface area contributed by atoms with Crippen molar-refractivity contribution in [3.05, 3.63) is 17.5 Å². The van der Waals surface area contributed by atoms with Gasteiger partial charge in [-0.2, -0.15) is 0 Å². The van der Waals surface area contributed by atoms with Crippen molar-refractivity contribution in [3.8, 4) is 0 Å². The van der Waals surface area contributed by atoms with E-state index in [-0.39, 0.29) is 5.91 Å². The van der Waals surface area contributed by atoms with E-state index in [4.69, 9.17) is 4.74 Å². The standard InChI is InChI=1S/C15H27N5O2/c1-12-11-13(14(21)16-8-6-10-22-4)19-15(18-12)17-7-5-9-20(2)3/h11H,5-10H2,1-4H3,(H,16,21)(H,17,18,19). The summed E-state index contributed by atoms with van der Waals surface area (Å²) in [6.45, 7) is 4.82. The first-order valence-electron chi connectivity index (χ1n) is 7.54. The lowest BCUT2D eigenvalue weighted by atomic mass is 10.3. The Morgan fingerprint density at radius 1 is 1.27 bits per heavy atom. The van der Waals surface area contributed by atoms with E-state index < -0.39 is 0 Å².